The van der Waals surface area contributed by atoms with Crippen LogP contribution in [-0.2, 0) is 54.9 Å². The molecule has 0 unspecified atom stereocenters. The van der Waals surface area contributed by atoms with Crippen molar-refractivity contribution in [2.24, 2.45) is 0 Å². The van der Waals surface area contributed by atoms with Crippen molar-refractivity contribution in [3.63, 3.8) is 0 Å². The number of alkyl halides is 12. The summed E-state index contributed by atoms with van der Waals surface area (Å²) in [5.41, 5.74) is -7.39. The average molecular weight is 872 g/mol. The molecule has 6 rings (SSSR count). The Bertz CT molecular complexity index is 1680. The molecular weight excluding hydrogens is 842 g/mol. The van der Waals surface area contributed by atoms with Crippen LogP contribution >= 0.6 is 0 Å². The van der Waals surface area contributed by atoms with Crippen LogP contribution < -0.4 is 24.8 Å². The topological polar surface area (TPSA) is 32.3 Å². The van der Waals surface area contributed by atoms with E-state index in [-0.39, 0.29) is 78.2 Å². The summed E-state index contributed by atoms with van der Waals surface area (Å²) in [6.07, 6.45) is -14.8. The predicted molar refractivity (Wildman–Crippen MR) is 166 cm³/mol. The fourth-order valence-electron chi connectivity index (χ4n) is 7.39. The van der Waals surface area contributed by atoms with E-state index in [1.807, 2.05) is 0 Å². The van der Waals surface area contributed by atoms with Gasteiger partial charge in [-0.1, -0.05) is 24.3 Å². The van der Waals surface area contributed by atoms with Gasteiger partial charge in [0.15, 0.2) is 0 Å². The Kier molecular flexibility index (Phi) is 14.8. The minimum Gasteiger partial charge on any atom is -1.00 e. The Morgan fingerprint density at radius 2 is 0.800 bits per heavy atom. The van der Waals surface area contributed by atoms with Gasteiger partial charge < -0.3 is 24.8 Å². The summed E-state index contributed by atoms with van der Waals surface area (Å²) in [5, 5.41) is 0. The third kappa shape index (κ3) is 10.3. The second-order valence-electron chi connectivity index (χ2n) is 12.9. The second kappa shape index (κ2) is 17.6. The molecule has 299 valence electrons. The molecule has 2 atom stereocenters. The molecule has 1 radical (unpaired) electrons. The zero-order valence-corrected chi connectivity index (χ0v) is 30.9. The molecule has 19 heteroatoms. The monoisotopic (exact) mass is 871 g/mol. The third-order valence-electron chi connectivity index (χ3n) is 9.58. The van der Waals surface area contributed by atoms with Crippen LogP contribution in [-0.4, -0.2) is 44.9 Å². The van der Waals surface area contributed by atoms with Gasteiger partial charge in [0.25, 0.3) is 0 Å². The Labute approximate surface area is 331 Å². The summed E-state index contributed by atoms with van der Waals surface area (Å²) < 4.78 is 165. The first kappa shape index (κ1) is 46.3. The van der Waals surface area contributed by atoms with Crippen LogP contribution in [0.5, 0.6) is 0 Å². The van der Waals surface area contributed by atoms with E-state index in [9.17, 15) is 52.7 Å². The molecule has 4 aromatic rings. The molecule has 0 bridgehead atoms. The number of rotatable bonds is 7. The predicted octanol–water partition coefficient (Wildman–Crippen LogP) is 4.52. The third-order valence-corrected chi connectivity index (χ3v) is 9.58. The molecule has 2 aromatic carbocycles. The Hall–Kier alpha value is -3.08. The summed E-state index contributed by atoms with van der Waals surface area (Å²) in [5.74, 6) is 0. The first-order chi connectivity index (χ1) is 24.3. The molecule has 2 aliphatic rings. The quantitative estimate of drug-likeness (QED) is 0.202. The van der Waals surface area contributed by atoms with Crippen LogP contribution in [0.25, 0.3) is 22.3 Å². The maximum absolute atomic E-state index is 13.7. The molecule has 0 N–H and O–H groups in total. The van der Waals surface area contributed by atoms with Crippen molar-refractivity contribution in [1.29, 1.82) is 0 Å². The molecule has 2 aliphatic heterocycles. The van der Waals surface area contributed by atoms with Gasteiger partial charge in [0.2, 0.25) is 0 Å². The van der Waals surface area contributed by atoms with Gasteiger partial charge in [-0.15, -0.1) is 0 Å². The van der Waals surface area contributed by atoms with E-state index in [1.54, 1.807) is 0 Å². The molecule has 0 aliphatic carbocycles. The van der Waals surface area contributed by atoms with Crippen molar-refractivity contribution >= 4 is 0 Å². The van der Waals surface area contributed by atoms with E-state index in [1.165, 1.54) is 24.3 Å². The van der Waals surface area contributed by atoms with Gasteiger partial charge >= 0.3 is 41.8 Å². The summed E-state index contributed by atoms with van der Waals surface area (Å²) in [7, 11) is 0. The number of benzene rings is 2. The van der Waals surface area contributed by atoms with E-state index < -0.39 is 58.1 Å². The van der Waals surface area contributed by atoms with Crippen molar-refractivity contribution < 1.29 is 94.6 Å². The first-order valence-electron chi connectivity index (χ1n) is 16.3. The first-order valence-corrected chi connectivity index (χ1v) is 16.3. The largest absolute Gasteiger partial charge is 2.00 e. The number of pyridine rings is 2. The van der Waals surface area contributed by atoms with Crippen LogP contribution in [0.2, 0.25) is 0 Å². The fraction of sp³-hybridized carbons (Fsp3) is 0.389. The van der Waals surface area contributed by atoms with Crippen molar-refractivity contribution in [1.82, 2.24) is 19.8 Å². The number of aromatic nitrogens is 2. The van der Waals surface area contributed by atoms with Gasteiger partial charge in [-0.3, -0.25) is 19.8 Å². The zero-order valence-electron chi connectivity index (χ0n) is 28.2. The molecule has 2 saturated heterocycles. The number of hydrogen-bond donors (Lipinski definition) is 0. The van der Waals surface area contributed by atoms with Crippen LogP contribution in [0.1, 0.15) is 59.3 Å². The van der Waals surface area contributed by atoms with E-state index in [2.05, 4.69) is 19.8 Å². The maximum atomic E-state index is 13.7. The van der Waals surface area contributed by atoms with Gasteiger partial charge in [0.1, 0.15) is 0 Å². The summed E-state index contributed by atoms with van der Waals surface area (Å²) in [6.45, 7) is 1.91. The van der Waals surface area contributed by atoms with E-state index >= 15 is 0 Å². The number of hydrogen-bond acceptors (Lipinski definition) is 4. The molecule has 0 spiro atoms. The van der Waals surface area contributed by atoms with Crippen LogP contribution in [0.4, 0.5) is 52.7 Å². The van der Waals surface area contributed by atoms with Gasteiger partial charge in [0, 0.05) is 59.8 Å². The van der Waals surface area contributed by atoms with Gasteiger partial charge in [-0.25, -0.2) is 0 Å². The molecule has 0 saturated carbocycles. The molecule has 4 nitrogen and oxygen atoms in total. The molecule has 2 fully saturated rings. The number of likely N-dealkylation sites (tertiary alicyclic amines) is 2. The fourth-order valence-corrected chi connectivity index (χ4v) is 7.39. The van der Waals surface area contributed by atoms with Gasteiger partial charge in [-0.05, 0) is 75.2 Å². The normalized spacial score (nSPS) is 18.4. The Morgan fingerprint density at radius 1 is 0.491 bits per heavy atom. The van der Waals surface area contributed by atoms with Gasteiger partial charge in [0.05, 0.1) is 33.6 Å². The van der Waals surface area contributed by atoms with Crippen molar-refractivity contribution in [2.75, 3.05) is 13.1 Å². The standard InChI is InChI=1S/C36H30F12N4.2ClH.Mn/c37-33(38,39)25-5-1-6-26(34(40,41)42)31(25)21-11-13-23(49-17-21)19-51-15-3-9-29(51)30-10-4-16-52(30)20-24-14-12-22(18-50-24)32-27(35(43,44)45)7-2-8-28(32)36(46,47)48;;;/h1-2,5-8,11-14,17-18,29-30H,3-4,9-10,15-16,19-20H2;2*1H;/q;;;+2/p-2/t29-,30-;;;/m0.../s1. The minimum atomic E-state index is -5.03. The Morgan fingerprint density at radius 3 is 1.05 bits per heavy atom. The minimum absolute atomic E-state index is 0. The number of halogens is 14. The van der Waals surface area contributed by atoms with E-state index in [0.29, 0.717) is 60.9 Å². The smallest absolute Gasteiger partial charge is 1.00 e. The van der Waals surface area contributed by atoms with Crippen molar-refractivity contribution in [3.8, 4) is 22.3 Å². The molecule has 55 heavy (non-hydrogen) atoms. The molecule has 0 amide bonds. The Balaban J connectivity index is 0.00000271. The summed E-state index contributed by atoms with van der Waals surface area (Å²) >= 11 is 0. The van der Waals surface area contributed by atoms with Gasteiger partial charge in [-0.2, -0.15) is 52.7 Å². The number of nitrogens with zero attached hydrogens (tertiary/aromatic N) is 4. The SMILES string of the molecule is FC(F)(F)c1cccc(C(F)(F)F)c1-c1ccc(CN2CCC[C@H]2[C@@H]2CCCN2Cc2ccc(-c3c(C(F)(F)F)cccc3C(F)(F)F)cn2)nc1.[Cl-].[Cl-].[Mn+2]. The van der Waals surface area contributed by atoms with Crippen LogP contribution in [0.15, 0.2) is 73.1 Å². The summed E-state index contributed by atoms with van der Waals surface area (Å²) in [6, 6.07) is 9.08. The maximum Gasteiger partial charge on any atom is 2.00 e. The summed E-state index contributed by atoms with van der Waals surface area (Å²) in [4.78, 5) is 12.8. The average Bonchev–Trinajstić information content (AvgIpc) is 3.72. The van der Waals surface area contributed by atoms with E-state index in [0.717, 1.165) is 38.1 Å². The second-order valence-corrected chi connectivity index (χ2v) is 12.9. The van der Waals surface area contributed by atoms with Crippen LogP contribution in [0, 0.1) is 0 Å². The zero-order chi connectivity index (χ0) is 37.6. The van der Waals surface area contributed by atoms with Crippen molar-refractivity contribution in [2.45, 2.75) is 75.6 Å². The van der Waals surface area contributed by atoms with E-state index in [4.69, 9.17) is 0 Å². The van der Waals surface area contributed by atoms with Crippen molar-refractivity contribution in [3.05, 3.63) is 107 Å². The molecular formula is C36H30Cl2F12MnN4. The van der Waals surface area contributed by atoms with Crippen LogP contribution in [0.3, 0.4) is 0 Å². The molecule has 4 heterocycles. The molecule has 2 aromatic heterocycles.